The molecule has 0 bridgehead atoms. The third kappa shape index (κ3) is 3.96. The van der Waals surface area contributed by atoms with Crippen molar-refractivity contribution in [3.8, 4) is 0 Å². The molecule has 4 nitrogen and oxygen atoms in total. The number of carbonyl (C=O) groups excluding carboxylic acids is 2. The maximum atomic E-state index is 12.8. The van der Waals surface area contributed by atoms with Gasteiger partial charge in [-0.3, -0.25) is 14.5 Å². The van der Waals surface area contributed by atoms with Crippen molar-refractivity contribution >= 4 is 46.3 Å². The number of nitrogens with zero attached hydrogens (tertiary/aromatic N) is 2. The van der Waals surface area contributed by atoms with Gasteiger partial charge in [-0.2, -0.15) is 0 Å². The van der Waals surface area contributed by atoms with Gasteiger partial charge in [0.05, 0.1) is 11.4 Å². The highest BCUT2D eigenvalue weighted by Crippen LogP contribution is 2.34. The van der Waals surface area contributed by atoms with Crippen molar-refractivity contribution in [3.63, 3.8) is 0 Å². The summed E-state index contributed by atoms with van der Waals surface area (Å²) in [6.07, 6.45) is 4.30. The molecule has 144 valence electrons. The minimum atomic E-state index is -0.243. The minimum absolute atomic E-state index is 0.238. The Labute approximate surface area is 174 Å². The molecule has 0 aliphatic carbocycles. The van der Waals surface area contributed by atoms with E-state index in [1.165, 1.54) is 23.4 Å². The third-order valence-corrected chi connectivity index (χ3v) is 6.30. The molecule has 6 heteroatoms. The van der Waals surface area contributed by atoms with Gasteiger partial charge in [0.15, 0.2) is 0 Å². The summed E-state index contributed by atoms with van der Waals surface area (Å²) in [4.78, 5) is 29.3. The number of hydrogen-bond acceptors (Lipinski definition) is 4. The van der Waals surface area contributed by atoms with Crippen LogP contribution in [0.2, 0.25) is 5.02 Å². The number of carbonyl (C=O) groups is 2. The Morgan fingerprint density at radius 2 is 1.79 bits per heavy atom. The van der Waals surface area contributed by atoms with E-state index < -0.39 is 0 Å². The molecule has 2 aromatic rings. The van der Waals surface area contributed by atoms with Gasteiger partial charge in [-0.15, -0.1) is 0 Å². The zero-order valence-electron chi connectivity index (χ0n) is 15.7. The summed E-state index contributed by atoms with van der Waals surface area (Å²) in [5.74, 6) is -0.243. The molecular weight excluding hydrogens is 392 g/mol. The molecule has 2 amide bonds. The molecule has 0 unspecified atom stereocenters. The van der Waals surface area contributed by atoms with Crippen LogP contribution in [0.15, 0.2) is 47.4 Å². The first-order valence-corrected chi connectivity index (χ1v) is 10.6. The fraction of sp³-hybridized carbons (Fsp3) is 0.273. The van der Waals surface area contributed by atoms with Gasteiger partial charge in [-0.05, 0) is 78.6 Å². The van der Waals surface area contributed by atoms with E-state index in [4.69, 9.17) is 11.6 Å². The standard InChI is InChI=1S/C22H21ClN2O2S/c1-15-12-19(24-10-2-3-11-24)9-6-17(15)13-20-21(26)25(22(27)28-20)14-16-4-7-18(23)8-5-16/h4-9,12-13H,2-3,10-11,14H2,1H3. The first kappa shape index (κ1) is 19.1. The summed E-state index contributed by atoms with van der Waals surface area (Å²) in [6, 6.07) is 13.5. The Hall–Kier alpha value is -2.24. The third-order valence-electron chi connectivity index (χ3n) is 5.14. The summed E-state index contributed by atoms with van der Waals surface area (Å²) in [7, 11) is 0. The monoisotopic (exact) mass is 412 g/mol. The minimum Gasteiger partial charge on any atom is -0.372 e. The predicted molar refractivity (Wildman–Crippen MR) is 116 cm³/mol. The number of hydrogen-bond donors (Lipinski definition) is 0. The van der Waals surface area contributed by atoms with Crippen LogP contribution in [-0.4, -0.2) is 29.1 Å². The number of imide groups is 1. The van der Waals surface area contributed by atoms with Crippen LogP contribution in [-0.2, 0) is 11.3 Å². The molecule has 0 N–H and O–H groups in total. The zero-order valence-corrected chi connectivity index (χ0v) is 17.2. The summed E-state index contributed by atoms with van der Waals surface area (Å²) in [5.41, 5.74) is 4.18. The molecule has 28 heavy (non-hydrogen) atoms. The molecular formula is C22H21ClN2O2S. The second kappa shape index (κ2) is 8.02. The molecule has 0 saturated carbocycles. The second-order valence-corrected chi connectivity index (χ2v) is 8.56. The van der Waals surface area contributed by atoms with Crippen LogP contribution in [0.4, 0.5) is 10.5 Å². The lowest BCUT2D eigenvalue weighted by Gasteiger charge is -2.18. The highest BCUT2D eigenvalue weighted by Gasteiger charge is 2.35. The topological polar surface area (TPSA) is 40.6 Å². The molecule has 0 spiro atoms. The molecule has 2 fully saturated rings. The molecule has 2 heterocycles. The van der Waals surface area contributed by atoms with Gasteiger partial charge in [0.25, 0.3) is 11.1 Å². The lowest BCUT2D eigenvalue weighted by atomic mass is 10.1. The van der Waals surface area contributed by atoms with Crippen LogP contribution in [0, 0.1) is 6.92 Å². The largest absolute Gasteiger partial charge is 0.372 e. The highest BCUT2D eigenvalue weighted by atomic mass is 35.5. The second-order valence-electron chi connectivity index (χ2n) is 7.13. The quantitative estimate of drug-likeness (QED) is 0.623. The average Bonchev–Trinajstić information content (AvgIpc) is 3.30. The first-order valence-electron chi connectivity index (χ1n) is 9.37. The van der Waals surface area contributed by atoms with Gasteiger partial charge in [0, 0.05) is 23.8 Å². The number of amides is 2. The van der Waals surface area contributed by atoms with Gasteiger partial charge in [0.2, 0.25) is 0 Å². The summed E-state index contributed by atoms with van der Waals surface area (Å²) >= 11 is 6.90. The highest BCUT2D eigenvalue weighted by molar-refractivity contribution is 8.18. The van der Waals surface area contributed by atoms with Crippen molar-refractivity contribution < 1.29 is 9.59 Å². The SMILES string of the molecule is Cc1cc(N2CCCC2)ccc1C=C1SC(=O)N(Cc2ccc(Cl)cc2)C1=O. The molecule has 2 aliphatic rings. The predicted octanol–water partition coefficient (Wildman–Crippen LogP) is 5.49. The van der Waals surface area contributed by atoms with Crippen molar-refractivity contribution in [1.82, 2.24) is 4.90 Å². The van der Waals surface area contributed by atoms with Gasteiger partial charge in [0.1, 0.15) is 0 Å². The van der Waals surface area contributed by atoms with E-state index in [1.54, 1.807) is 12.1 Å². The maximum Gasteiger partial charge on any atom is 0.293 e. The number of halogens is 1. The Bertz CT molecular complexity index is 950. The van der Waals surface area contributed by atoms with Crippen LogP contribution < -0.4 is 4.90 Å². The van der Waals surface area contributed by atoms with E-state index in [2.05, 4.69) is 17.0 Å². The fourth-order valence-electron chi connectivity index (χ4n) is 3.54. The molecule has 2 aromatic carbocycles. The smallest absolute Gasteiger partial charge is 0.293 e. The Morgan fingerprint density at radius 3 is 2.46 bits per heavy atom. The van der Waals surface area contributed by atoms with Gasteiger partial charge >= 0.3 is 0 Å². The van der Waals surface area contributed by atoms with E-state index in [0.29, 0.717) is 9.93 Å². The van der Waals surface area contributed by atoms with Gasteiger partial charge < -0.3 is 4.90 Å². The van der Waals surface area contributed by atoms with E-state index in [0.717, 1.165) is 41.5 Å². The van der Waals surface area contributed by atoms with Crippen LogP contribution >= 0.6 is 23.4 Å². The van der Waals surface area contributed by atoms with Crippen LogP contribution in [0.1, 0.15) is 29.5 Å². The fourth-order valence-corrected chi connectivity index (χ4v) is 4.50. The molecule has 0 aromatic heterocycles. The van der Waals surface area contributed by atoms with Crippen LogP contribution in [0.5, 0.6) is 0 Å². The molecule has 0 atom stereocenters. The molecule has 2 saturated heterocycles. The lowest BCUT2D eigenvalue weighted by Crippen LogP contribution is -2.27. The number of aryl methyl sites for hydroxylation is 1. The normalized spacial score (nSPS) is 18.6. The summed E-state index contributed by atoms with van der Waals surface area (Å²) in [6.45, 7) is 4.50. The van der Waals surface area contributed by atoms with Gasteiger partial charge in [-0.25, -0.2) is 0 Å². The summed E-state index contributed by atoms with van der Waals surface area (Å²) < 4.78 is 0. The Balaban J connectivity index is 1.52. The molecule has 0 radical (unpaired) electrons. The first-order chi connectivity index (χ1) is 13.5. The van der Waals surface area contributed by atoms with Crippen molar-refractivity contribution in [3.05, 3.63) is 69.1 Å². The van der Waals surface area contributed by atoms with E-state index in [1.807, 2.05) is 31.2 Å². The van der Waals surface area contributed by atoms with Crippen molar-refractivity contribution in [2.24, 2.45) is 0 Å². The number of rotatable bonds is 4. The molecule has 4 rings (SSSR count). The summed E-state index contributed by atoms with van der Waals surface area (Å²) in [5, 5.41) is 0.392. The number of benzene rings is 2. The van der Waals surface area contributed by atoms with Crippen molar-refractivity contribution in [2.75, 3.05) is 18.0 Å². The van der Waals surface area contributed by atoms with Crippen LogP contribution in [0.3, 0.4) is 0 Å². The maximum absolute atomic E-state index is 12.8. The van der Waals surface area contributed by atoms with Gasteiger partial charge in [-0.1, -0.05) is 29.8 Å². The molecule has 2 aliphatic heterocycles. The van der Waals surface area contributed by atoms with E-state index >= 15 is 0 Å². The number of thioether (sulfide) groups is 1. The van der Waals surface area contributed by atoms with Crippen molar-refractivity contribution in [1.29, 1.82) is 0 Å². The zero-order chi connectivity index (χ0) is 19.7. The lowest BCUT2D eigenvalue weighted by molar-refractivity contribution is -0.123. The van der Waals surface area contributed by atoms with E-state index in [9.17, 15) is 9.59 Å². The van der Waals surface area contributed by atoms with Crippen LogP contribution in [0.25, 0.3) is 6.08 Å². The average molecular weight is 413 g/mol. The number of anilines is 1. The Kier molecular flexibility index (Phi) is 5.47. The van der Waals surface area contributed by atoms with Crippen molar-refractivity contribution in [2.45, 2.75) is 26.3 Å². The van der Waals surface area contributed by atoms with E-state index in [-0.39, 0.29) is 17.7 Å². The Morgan fingerprint density at radius 1 is 1.07 bits per heavy atom.